The standard InChI is InChI=1S/C14H10F4O/c15-10-7-5-9(6-8-10)13(19)11-3-1-2-4-12(11)14(16,17)18/h1-8,13,19H. The quantitative estimate of drug-likeness (QED) is 0.820. The van der Waals surface area contributed by atoms with E-state index in [-0.39, 0.29) is 11.1 Å². The zero-order chi connectivity index (χ0) is 14.0. The molecular formula is C14H10F4O. The van der Waals surface area contributed by atoms with Gasteiger partial charge in [-0.2, -0.15) is 13.2 Å². The van der Waals surface area contributed by atoms with Crippen LogP contribution in [0.25, 0.3) is 0 Å². The smallest absolute Gasteiger partial charge is 0.384 e. The molecule has 0 aliphatic heterocycles. The van der Waals surface area contributed by atoms with Crippen molar-refractivity contribution in [2.45, 2.75) is 12.3 Å². The van der Waals surface area contributed by atoms with Gasteiger partial charge in [0.2, 0.25) is 0 Å². The maximum atomic E-state index is 12.8. The number of hydrogen-bond acceptors (Lipinski definition) is 1. The van der Waals surface area contributed by atoms with E-state index in [0.29, 0.717) is 0 Å². The summed E-state index contributed by atoms with van der Waals surface area (Å²) in [5, 5.41) is 10.0. The van der Waals surface area contributed by atoms with E-state index in [1.807, 2.05) is 0 Å². The van der Waals surface area contributed by atoms with Crippen LogP contribution >= 0.6 is 0 Å². The minimum absolute atomic E-state index is 0.207. The molecule has 0 aliphatic rings. The number of alkyl halides is 3. The Morgan fingerprint density at radius 3 is 2.05 bits per heavy atom. The highest BCUT2D eigenvalue weighted by molar-refractivity contribution is 5.37. The topological polar surface area (TPSA) is 20.2 Å². The molecule has 0 saturated heterocycles. The predicted molar refractivity (Wildman–Crippen MR) is 61.9 cm³/mol. The molecule has 1 nitrogen and oxygen atoms in total. The fourth-order valence-electron chi connectivity index (χ4n) is 1.82. The first-order valence-electron chi connectivity index (χ1n) is 5.49. The Kier molecular flexibility index (Phi) is 3.57. The van der Waals surface area contributed by atoms with E-state index in [2.05, 4.69) is 0 Å². The van der Waals surface area contributed by atoms with Gasteiger partial charge in [0.05, 0.1) is 5.56 Å². The zero-order valence-corrected chi connectivity index (χ0v) is 9.66. The molecule has 2 aromatic carbocycles. The Bertz CT molecular complexity index is 560. The van der Waals surface area contributed by atoms with Crippen LogP contribution in [0.4, 0.5) is 17.6 Å². The molecule has 0 radical (unpaired) electrons. The van der Waals surface area contributed by atoms with Crippen molar-refractivity contribution in [2.24, 2.45) is 0 Å². The zero-order valence-electron chi connectivity index (χ0n) is 9.66. The molecule has 5 heteroatoms. The lowest BCUT2D eigenvalue weighted by atomic mass is 9.96. The Labute approximate surface area is 107 Å². The predicted octanol–water partition coefficient (Wildman–Crippen LogP) is 3.93. The van der Waals surface area contributed by atoms with Gasteiger partial charge in [0, 0.05) is 0 Å². The summed E-state index contributed by atoms with van der Waals surface area (Å²) in [6, 6.07) is 9.48. The molecule has 19 heavy (non-hydrogen) atoms. The number of rotatable bonds is 2. The fraction of sp³-hybridized carbons (Fsp3) is 0.143. The van der Waals surface area contributed by atoms with Gasteiger partial charge in [-0.15, -0.1) is 0 Å². The van der Waals surface area contributed by atoms with Crippen LogP contribution in [0, 0.1) is 5.82 Å². The van der Waals surface area contributed by atoms with Gasteiger partial charge in [-0.1, -0.05) is 30.3 Å². The van der Waals surface area contributed by atoms with Gasteiger partial charge in [-0.05, 0) is 29.3 Å². The summed E-state index contributed by atoms with van der Waals surface area (Å²) in [5.41, 5.74) is -0.938. The minimum atomic E-state index is -4.54. The summed E-state index contributed by atoms with van der Waals surface area (Å²) >= 11 is 0. The van der Waals surface area contributed by atoms with Crippen LogP contribution in [-0.4, -0.2) is 5.11 Å². The molecule has 0 aromatic heterocycles. The molecule has 0 amide bonds. The van der Waals surface area contributed by atoms with Crippen LogP contribution < -0.4 is 0 Å². The number of hydrogen-bond donors (Lipinski definition) is 1. The summed E-state index contributed by atoms with van der Waals surface area (Å²) in [7, 11) is 0. The van der Waals surface area contributed by atoms with Gasteiger partial charge in [-0.25, -0.2) is 4.39 Å². The minimum Gasteiger partial charge on any atom is -0.384 e. The molecule has 0 bridgehead atoms. The molecule has 0 heterocycles. The second-order valence-corrected chi connectivity index (χ2v) is 4.04. The van der Waals surface area contributed by atoms with Crippen molar-refractivity contribution >= 4 is 0 Å². The highest BCUT2D eigenvalue weighted by atomic mass is 19.4. The van der Waals surface area contributed by atoms with Crippen molar-refractivity contribution in [3.63, 3.8) is 0 Å². The molecule has 100 valence electrons. The highest BCUT2D eigenvalue weighted by Gasteiger charge is 2.34. The SMILES string of the molecule is OC(c1ccc(F)cc1)c1ccccc1C(F)(F)F. The first-order valence-corrected chi connectivity index (χ1v) is 5.49. The van der Waals surface area contributed by atoms with Crippen LogP contribution in [0.2, 0.25) is 0 Å². The van der Waals surface area contributed by atoms with Crippen molar-refractivity contribution in [3.8, 4) is 0 Å². The van der Waals surface area contributed by atoms with E-state index < -0.39 is 23.7 Å². The molecule has 1 N–H and O–H groups in total. The van der Waals surface area contributed by atoms with Gasteiger partial charge >= 0.3 is 6.18 Å². The number of halogens is 4. The largest absolute Gasteiger partial charge is 0.416 e. The Balaban J connectivity index is 2.44. The summed E-state index contributed by atoms with van der Waals surface area (Å²) in [5.74, 6) is -0.514. The lowest BCUT2D eigenvalue weighted by Gasteiger charge is -2.17. The van der Waals surface area contributed by atoms with Crippen LogP contribution in [-0.2, 0) is 6.18 Å². The normalized spacial score (nSPS) is 13.3. The molecular weight excluding hydrogens is 260 g/mol. The van der Waals surface area contributed by atoms with Crippen molar-refractivity contribution in [1.82, 2.24) is 0 Å². The summed E-state index contributed by atoms with van der Waals surface area (Å²) in [6.45, 7) is 0. The number of aliphatic hydroxyl groups is 1. The first kappa shape index (κ1) is 13.5. The van der Waals surface area contributed by atoms with Gasteiger partial charge in [0.15, 0.2) is 0 Å². The second kappa shape index (κ2) is 5.01. The summed E-state index contributed by atoms with van der Waals surface area (Å²) in [4.78, 5) is 0. The Morgan fingerprint density at radius 1 is 0.895 bits per heavy atom. The van der Waals surface area contributed by atoms with E-state index >= 15 is 0 Å². The molecule has 1 unspecified atom stereocenters. The van der Waals surface area contributed by atoms with Crippen molar-refractivity contribution < 1.29 is 22.7 Å². The molecule has 1 atom stereocenters. The molecule has 2 rings (SSSR count). The van der Waals surface area contributed by atoms with Crippen LogP contribution in [0.1, 0.15) is 22.8 Å². The monoisotopic (exact) mass is 270 g/mol. The van der Waals surface area contributed by atoms with E-state index in [0.717, 1.165) is 18.2 Å². The Hall–Kier alpha value is -1.88. The Morgan fingerprint density at radius 2 is 1.47 bits per heavy atom. The number of benzene rings is 2. The fourth-order valence-corrected chi connectivity index (χ4v) is 1.82. The van der Waals surface area contributed by atoms with E-state index in [9.17, 15) is 22.7 Å². The maximum Gasteiger partial charge on any atom is 0.416 e. The van der Waals surface area contributed by atoms with Crippen molar-refractivity contribution in [1.29, 1.82) is 0 Å². The van der Waals surface area contributed by atoms with Gasteiger partial charge in [0.1, 0.15) is 11.9 Å². The molecule has 0 fully saturated rings. The second-order valence-electron chi connectivity index (χ2n) is 4.04. The lowest BCUT2D eigenvalue weighted by molar-refractivity contribution is -0.139. The average Bonchev–Trinajstić information content (AvgIpc) is 2.38. The van der Waals surface area contributed by atoms with E-state index in [1.54, 1.807) is 0 Å². The first-order chi connectivity index (χ1) is 8.89. The molecule has 0 aliphatic carbocycles. The summed E-state index contributed by atoms with van der Waals surface area (Å²) < 4.78 is 51.2. The number of aliphatic hydroxyl groups excluding tert-OH is 1. The van der Waals surface area contributed by atoms with E-state index in [1.165, 1.54) is 30.3 Å². The van der Waals surface area contributed by atoms with Crippen LogP contribution in [0.5, 0.6) is 0 Å². The van der Waals surface area contributed by atoms with Crippen molar-refractivity contribution in [3.05, 3.63) is 71.0 Å². The highest BCUT2D eigenvalue weighted by Crippen LogP contribution is 2.36. The van der Waals surface area contributed by atoms with Crippen molar-refractivity contribution in [2.75, 3.05) is 0 Å². The van der Waals surface area contributed by atoms with Gasteiger partial charge < -0.3 is 5.11 Å². The van der Waals surface area contributed by atoms with Gasteiger partial charge in [-0.3, -0.25) is 0 Å². The molecule has 0 spiro atoms. The third kappa shape index (κ3) is 2.93. The molecule has 2 aromatic rings. The van der Waals surface area contributed by atoms with Gasteiger partial charge in [0.25, 0.3) is 0 Å². The van der Waals surface area contributed by atoms with Crippen LogP contribution in [0.3, 0.4) is 0 Å². The third-order valence-corrected chi connectivity index (χ3v) is 2.75. The maximum absolute atomic E-state index is 12.8. The summed E-state index contributed by atoms with van der Waals surface area (Å²) in [6.07, 6.45) is -5.99. The van der Waals surface area contributed by atoms with E-state index in [4.69, 9.17) is 0 Å². The van der Waals surface area contributed by atoms with Crippen LogP contribution in [0.15, 0.2) is 48.5 Å². The lowest BCUT2D eigenvalue weighted by Crippen LogP contribution is -2.12. The third-order valence-electron chi connectivity index (χ3n) is 2.75. The average molecular weight is 270 g/mol. The molecule has 0 saturated carbocycles.